The van der Waals surface area contributed by atoms with Crippen LogP contribution >= 0.6 is 0 Å². The molecule has 0 radical (unpaired) electrons. The van der Waals surface area contributed by atoms with Crippen molar-refractivity contribution in [3.05, 3.63) is 60.2 Å². The number of para-hydroxylation sites is 2. The third-order valence-electron chi connectivity index (χ3n) is 5.76. The lowest BCUT2D eigenvalue weighted by atomic mass is 10.0. The molecule has 1 unspecified atom stereocenters. The molecule has 2 N–H and O–H groups in total. The van der Waals surface area contributed by atoms with Crippen molar-refractivity contribution in [2.75, 3.05) is 31.1 Å². The molecule has 1 fully saturated rings. The zero-order chi connectivity index (χ0) is 22.5. The van der Waals surface area contributed by atoms with Crippen LogP contribution in [0.5, 0.6) is 0 Å². The number of hydrogen-bond acceptors (Lipinski definition) is 4. The second-order valence-electron chi connectivity index (χ2n) is 8.75. The van der Waals surface area contributed by atoms with E-state index in [0.717, 1.165) is 35.5 Å². The normalized spacial score (nSPS) is 15.6. The maximum atomic E-state index is 13.5. The number of rotatable bonds is 6. The van der Waals surface area contributed by atoms with Gasteiger partial charge in [-0.15, -0.1) is 0 Å². The fraction of sp³-hybridized carbons (Fsp3) is 0.400. The zero-order valence-electron chi connectivity index (χ0n) is 18.8. The fourth-order valence-corrected chi connectivity index (χ4v) is 4.15. The van der Waals surface area contributed by atoms with Gasteiger partial charge in [-0.25, -0.2) is 4.98 Å². The Bertz CT molecular complexity index is 1030. The number of nitrogens with one attached hydrogen (secondary N) is 2. The van der Waals surface area contributed by atoms with Crippen molar-refractivity contribution < 1.29 is 9.59 Å². The molecule has 0 saturated carbocycles. The van der Waals surface area contributed by atoms with Gasteiger partial charge < -0.3 is 20.1 Å². The van der Waals surface area contributed by atoms with Gasteiger partial charge in [0.05, 0.1) is 11.0 Å². The maximum absolute atomic E-state index is 13.5. The van der Waals surface area contributed by atoms with Gasteiger partial charge in [0.15, 0.2) is 0 Å². The molecule has 0 aliphatic carbocycles. The third kappa shape index (κ3) is 5.10. The summed E-state index contributed by atoms with van der Waals surface area (Å²) in [6.07, 6.45) is 1.24. The van der Waals surface area contributed by atoms with Gasteiger partial charge in [-0.3, -0.25) is 9.59 Å². The van der Waals surface area contributed by atoms with Gasteiger partial charge in [-0.2, -0.15) is 0 Å². The Balaban J connectivity index is 1.48. The molecule has 168 valence electrons. The SMILES string of the molecule is CC(C)CC(=O)NC(C(=O)N1CCCN(c2nc3ccccc3[nH]2)CC1)c1ccccc1. The highest BCUT2D eigenvalue weighted by atomic mass is 16.2. The van der Waals surface area contributed by atoms with Crippen molar-refractivity contribution in [3.63, 3.8) is 0 Å². The highest BCUT2D eigenvalue weighted by Gasteiger charge is 2.29. The van der Waals surface area contributed by atoms with E-state index in [0.29, 0.717) is 26.1 Å². The van der Waals surface area contributed by atoms with E-state index in [2.05, 4.69) is 15.2 Å². The highest BCUT2D eigenvalue weighted by molar-refractivity contribution is 5.89. The first-order valence-corrected chi connectivity index (χ1v) is 11.3. The summed E-state index contributed by atoms with van der Waals surface area (Å²) in [5.41, 5.74) is 2.77. The van der Waals surface area contributed by atoms with Crippen LogP contribution in [-0.2, 0) is 9.59 Å². The molecule has 32 heavy (non-hydrogen) atoms. The lowest BCUT2D eigenvalue weighted by Crippen LogP contribution is -2.44. The van der Waals surface area contributed by atoms with Crippen molar-refractivity contribution in [3.8, 4) is 0 Å². The molecule has 0 spiro atoms. The van der Waals surface area contributed by atoms with E-state index >= 15 is 0 Å². The quantitative estimate of drug-likeness (QED) is 0.623. The van der Waals surface area contributed by atoms with Crippen LogP contribution in [0.1, 0.15) is 38.3 Å². The van der Waals surface area contributed by atoms with Gasteiger partial charge in [0.2, 0.25) is 17.8 Å². The number of aromatic amines is 1. The molecule has 0 bridgehead atoms. The molecule has 2 aromatic carbocycles. The van der Waals surface area contributed by atoms with Crippen molar-refractivity contribution in [2.24, 2.45) is 5.92 Å². The van der Waals surface area contributed by atoms with Gasteiger partial charge >= 0.3 is 0 Å². The first-order chi connectivity index (χ1) is 15.5. The summed E-state index contributed by atoms with van der Waals surface area (Å²) in [6.45, 7) is 6.74. The third-order valence-corrected chi connectivity index (χ3v) is 5.76. The molecule has 1 aliphatic rings. The van der Waals surface area contributed by atoms with Crippen LogP contribution in [0.3, 0.4) is 0 Å². The van der Waals surface area contributed by atoms with Crippen LogP contribution < -0.4 is 10.2 Å². The van der Waals surface area contributed by atoms with Crippen LogP contribution in [0.25, 0.3) is 11.0 Å². The number of amides is 2. The van der Waals surface area contributed by atoms with Gasteiger partial charge in [-0.1, -0.05) is 56.3 Å². The number of aromatic nitrogens is 2. The highest BCUT2D eigenvalue weighted by Crippen LogP contribution is 2.21. The topological polar surface area (TPSA) is 81.3 Å². The minimum absolute atomic E-state index is 0.0558. The van der Waals surface area contributed by atoms with E-state index < -0.39 is 6.04 Å². The Kier molecular flexibility index (Phi) is 6.73. The van der Waals surface area contributed by atoms with E-state index in [9.17, 15) is 9.59 Å². The van der Waals surface area contributed by atoms with E-state index in [-0.39, 0.29) is 17.7 Å². The average molecular weight is 434 g/mol. The molecule has 1 atom stereocenters. The van der Waals surface area contributed by atoms with Crippen molar-refractivity contribution >= 4 is 28.8 Å². The zero-order valence-corrected chi connectivity index (χ0v) is 18.8. The van der Waals surface area contributed by atoms with Crippen molar-refractivity contribution in [1.29, 1.82) is 0 Å². The van der Waals surface area contributed by atoms with E-state index in [1.807, 2.05) is 73.3 Å². The first-order valence-electron chi connectivity index (χ1n) is 11.3. The molecular formula is C25H31N5O2. The molecule has 7 heteroatoms. The molecule has 1 aromatic heterocycles. The van der Waals surface area contributed by atoms with Crippen molar-refractivity contribution in [1.82, 2.24) is 20.2 Å². The minimum atomic E-state index is -0.666. The Hall–Kier alpha value is -3.35. The minimum Gasteiger partial charge on any atom is -0.341 e. The number of anilines is 1. The summed E-state index contributed by atoms with van der Waals surface area (Å²) in [6, 6.07) is 16.8. The number of benzene rings is 2. The van der Waals surface area contributed by atoms with Crippen LogP contribution in [0.4, 0.5) is 5.95 Å². The molecule has 1 saturated heterocycles. The predicted octanol–water partition coefficient (Wildman–Crippen LogP) is 3.51. The van der Waals surface area contributed by atoms with Crippen LogP contribution in [0.15, 0.2) is 54.6 Å². The number of carbonyl (C=O) groups excluding carboxylic acids is 2. The van der Waals surface area contributed by atoms with Crippen molar-refractivity contribution in [2.45, 2.75) is 32.7 Å². The monoisotopic (exact) mass is 433 g/mol. The lowest BCUT2D eigenvalue weighted by molar-refractivity contribution is -0.136. The second kappa shape index (κ2) is 9.85. The largest absolute Gasteiger partial charge is 0.341 e. The fourth-order valence-electron chi connectivity index (χ4n) is 4.15. The predicted molar refractivity (Wildman–Crippen MR) is 126 cm³/mol. The van der Waals surface area contributed by atoms with Gasteiger partial charge in [-0.05, 0) is 30.0 Å². The molecule has 7 nitrogen and oxygen atoms in total. The number of fused-ring (bicyclic) bond motifs is 1. The lowest BCUT2D eigenvalue weighted by Gasteiger charge is -2.27. The van der Waals surface area contributed by atoms with Gasteiger partial charge in [0, 0.05) is 32.6 Å². The molecule has 3 aromatic rings. The maximum Gasteiger partial charge on any atom is 0.249 e. The van der Waals surface area contributed by atoms with Gasteiger partial charge in [0.25, 0.3) is 0 Å². The number of carbonyl (C=O) groups is 2. The Morgan fingerprint density at radius 1 is 1.00 bits per heavy atom. The van der Waals surface area contributed by atoms with Gasteiger partial charge in [0.1, 0.15) is 6.04 Å². The summed E-state index contributed by atoms with van der Waals surface area (Å²) in [7, 11) is 0. The number of H-pyrrole nitrogens is 1. The number of hydrogen-bond donors (Lipinski definition) is 2. The second-order valence-corrected chi connectivity index (χ2v) is 8.75. The standard InChI is InChI=1S/C25H31N5O2/c1-18(2)17-22(31)28-23(19-9-4-3-5-10-19)24(32)29-13-8-14-30(16-15-29)25-26-20-11-6-7-12-21(20)27-25/h3-7,9-12,18,23H,8,13-17H2,1-2H3,(H,26,27)(H,28,31). The Labute approximate surface area is 188 Å². The van der Waals surface area contributed by atoms with E-state index in [4.69, 9.17) is 4.98 Å². The summed E-state index contributed by atoms with van der Waals surface area (Å²) in [5, 5.41) is 2.98. The average Bonchev–Trinajstić information content (AvgIpc) is 3.06. The summed E-state index contributed by atoms with van der Waals surface area (Å²) in [5.74, 6) is 0.920. The molecular weight excluding hydrogens is 402 g/mol. The smallest absolute Gasteiger partial charge is 0.249 e. The number of imidazole rings is 1. The first kappa shape index (κ1) is 21.9. The van der Waals surface area contributed by atoms with Crippen LogP contribution in [-0.4, -0.2) is 52.9 Å². The van der Waals surface area contributed by atoms with E-state index in [1.165, 1.54) is 0 Å². The molecule has 4 rings (SSSR count). The summed E-state index contributed by atoms with van der Waals surface area (Å²) in [4.78, 5) is 38.2. The Morgan fingerprint density at radius 2 is 1.75 bits per heavy atom. The molecule has 1 aliphatic heterocycles. The summed E-state index contributed by atoms with van der Waals surface area (Å²) < 4.78 is 0. The van der Waals surface area contributed by atoms with Crippen LogP contribution in [0.2, 0.25) is 0 Å². The number of nitrogens with zero attached hydrogens (tertiary/aromatic N) is 3. The molecule has 2 heterocycles. The Morgan fingerprint density at radius 3 is 2.50 bits per heavy atom. The van der Waals surface area contributed by atoms with Crippen LogP contribution in [0, 0.1) is 5.92 Å². The van der Waals surface area contributed by atoms with E-state index in [1.54, 1.807) is 0 Å². The summed E-state index contributed by atoms with van der Waals surface area (Å²) >= 11 is 0. The molecule has 2 amide bonds.